The van der Waals surface area contributed by atoms with Crippen LogP contribution < -0.4 is 5.73 Å². The van der Waals surface area contributed by atoms with E-state index in [-0.39, 0.29) is 5.13 Å². The number of aromatic nitrogens is 6. The summed E-state index contributed by atoms with van der Waals surface area (Å²) in [6.07, 6.45) is 5.03. The predicted molar refractivity (Wildman–Crippen MR) is 120 cm³/mol. The quantitative estimate of drug-likeness (QED) is 0.368. The second kappa shape index (κ2) is 6.71. The number of halogens is 1. The van der Waals surface area contributed by atoms with Crippen LogP contribution in [-0.2, 0) is 0 Å². The number of hydrogen-bond acceptors (Lipinski definition) is 6. The molecule has 31 heavy (non-hydrogen) atoms. The number of hydrogen-bond donors (Lipinski definition) is 3. The third kappa shape index (κ3) is 2.94. The zero-order chi connectivity index (χ0) is 20.9. The van der Waals surface area contributed by atoms with E-state index in [0.717, 1.165) is 55.1 Å². The van der Waals surface area contributed by atoms with Crippen molar-refractivity contribution in [1.82, 2.24) is 30.1 Å². The summed E-state index contributed by atoms with van der Waals surface area (Å²) in [4.78, 5) is 17.5. The molecule has 0 bridgehead atoms. The fourth-order valence-electron chi connectivity index (χ4n) is 3.67. The molecule has 4 N–H and O–H groups in total. The molecule has 7 nitrogen and oxygen atoms in total. The Hall–Kier alpha value is -4.11. The average molecular weight is 427 g/mol. The van der Waals surface area contributed by atoms with E-state index in [1.807, 2.05) is 30.3 Å². The van der Waals surface area contributed by atoms with Gasteiger partial charge in [-0.25, -0.2) is 9.97 Å². The summed E-state index contributed by atoms with van der Waals surface area (Å²) in [7, 11) is 0. The van der Waals surface area contributed by atoms with E-state index in [1.54, 1.807) is 24.7 Å². The predicted octanol–water partition coefficient (Wildman–Crippen LogP) is 5.01. The van der Waals surface area contributed by atoms with E-state index >= 15 is 0 Å². The number of nitrogen functional groups attached to an aromatic ring is 1. The number of aromatic amines is 2. The minimum atomic E-state index is -0.221. The second-order valence-corrected chi connectivity index (χ2v) is 8.11. The van der Waals surface area contributed by atoms with E-state index in [4.69, 9.17) is 10.7 Å². The lowest BCUT2D eigenvalue weighted by atomic mass is 10.1. The van der Waals surface area contributed by atoms with Crippen LogP contribution in [0.1, 0.15) is 0 Å². The van der Waals surface area contributed by atoms with Crippen molar-refractivity contribution >= 4 is 39.1 Å². The van der Waals surface area contributed by atoms with Crippen LogP contribution in [0.15, 0.2) is 61.1 Å². The summed E-state index contributed by atoms with van der Waals surface area (Å²) in [6, 6.07) is 12.8. The molecule has 0 fully saturated rings. The van der Waals surface area contributed by atoms with Crippen molar-refractivity contribution in [3.05, 3.63) is 66.2 Å². The van der Waals surface area contributed by atoms with Crippen LogP contribution in [0, 0.1) is 5.13 Å². The van der Waals surface area contributed by atoms with E-state index in [0.29, 0.717) is 17.0 Å². The van der Waals surface area contributed by atoms with Gasteiger partial charge < -0.3 is 10.7 Å². The molecule has 6 heterocycles. The Morgan fingerprint density at radius 1 is 1.03 bits per heavy atom. The molecule has 0 aromatic carbocycles. The summed E-state index contributed by atoms with van der Waals surface area (Å²) in [5.74, 6) is 0. The van der Waals surface area contributed by atoms with Crippen LogP contribution in [0.5, 0.6) is 0 Å². The topological polar surface area (TPSA) is 109 Å². The molecule has 0 radical (unpaired) electrons. The van der Waals surface area contributed by atoms with E-state index < -0.39 is 0 Å². The van der Waals surface area contributed by atoms with Gasteiger partial charge in [0.15, 0.2) is 5.13 Å². The molecule has 0 saturated carbocycles. The van der Waals surface area contributed by atoms with Crippen molar-refractivity contribution in [1.29, 1.82) is 0 Å². The minimum Gasteiger partial charge on any atom is -0.397 e. The van der Waals surface area contributed by atoms with Crippen LogP contribution in [0.2, 0.25) is 0 Å². The van der Waals surface area contributed by atoms with Gasteiger partial charge in [-0.05, 0) is 42.5 Å². The van der Waals surface area contributed by atoms with Gasteiger partial charge in [0.05, 0.1) is 22.6 Å². The maximum atomic E-state index is 13.6. The van der Waals surface area contributed by atoms with Crippen molar-refractivity contribution in [2.75, 3.05) is 5.73 Å². The Kier molecular flexibility index (Phi) is 3.84. The van der Waals surface area contributed by atoms with Crippen LogP contribution in [0.4, 0.5) is 10.1 Å². The highest BCUT2D eigenvalue weighted by atomic mass is 32.1. The number of anilines is 1. The van der Waals surface area contributed by atoms with E-state index in [9.17, 15) is 4.39 Å². The molecule has 0 spiro atoms. The van der Waals surface area contributed by atoms with Gasteiger partial charge in [0.25, 0.3) is 0 Å². The standard InChI is InChI=1S/C22H14FN7S/c23-19-4-3-18(31-19)13-5-6-26-22-14(13)8-17(28-22)21-20-16(29-30-21)2-1-15(27-20)11-7-12(24)10-25-9-11/h1-10H,24H2,(H,26,28)(H,29,30). The van der Waals surface area contributed by atoms with Gasteiger partial charge in [-0.15, -0.1) is 11.3 Å². The Labute approximate surface area is 178 Å². The molecule has 0 saturated heterocycles. The summed E-state index contributed by atoms with van der Waals surface area (Å²) in [5, 5.41) is 8.18. The Morgan fingerprint density at radius 3 is 2.81 bits per heavy atom. The van der Waals surface area contributed by atoms with Crippen LogP contribution >= 0.6 is 11.3 Å². The van der Waals surface area contributed by atoms with Gasteiger partial charge in [0, 0.05) is 40.0 Å². The lowest BCUT2D eigenvalue weighted by Gasteiger charge is -2.02. The summed E-state index contributed by atoms with van der Waals surface area (Å²) in [5.41, 5.74) is 12.6. The first-order chi connectivity index (χ1) is 15.2. The summed E-state index contributed by atoms with van der Waals surface area (Å²) in [6.45, 7) is 0. The molecule has 6 aromatic heterocycles. The highest BCUT2D eigenvalue weighted by molar-refractivity contribution is 7.14. The highest BCUT2D eigenvalue weighted by Gasteiger charge is 2.16. The van der Waals surface area contributed by atoms with Crippen molar-refractivity contribution < 1.29 is 4.39 Å². The Morgan fingerprint density at radius 2 is 1.97 bits per heavy atom. The molecule has 0 aliphatic rings. The fourth-order valence-corrected chi connectivity index (χ4v) is 4.44. The minimum absolute atomic E-state index is 0.221. The third-order valence-electron chi connectivity index (χ3n) is 5.09. The number of nitrogens with zero attached hydrogens (tertiary/aromatic N) is 4. The number of H-pyrrole nitrogens is 2. The molecule has 0 aliphatic heterocycles. The third-order valence-corrected chi connectivity index (χ3v) is 6.00. The maximum absolute atomic E-state index is 13.6. The van der Waals surface area contributed by atoms with E-state index in [1.165, 1.54) is 6.07 Å². The second-order valence-electron chi connectivity index (χ2n) is 7.08. The monoisotopic (exact) mass is 427 g/mol. The first-order valence-corrected chi connectivity index (χ1v) is 10.3. The van der Waals surface area contributed by atoms with Gasteiger partial charge in [0.1, 0.15) is 16.9 Å². The van der Waals surface area contributed by atoms with Crippen molar-refractivity contribution in [2.24, 2.45) is 0 Å². The summed E-state index contributed by atoms with van der Waals surface area (Å²) < 4.78 is 13.6. The lowest BCUT2D eigenvalue weighted by molar-refractivity contribution is 0.657. The van der Waals surface area contributed by atoms with Gasteiger partial charge in [-0.2, -0.15) is 9.49 Å². The molecule has 0 aliphatic carbocycles. The molecular formula is C22H14FN7S. The van der Waals surface area contributed by atoms with Crippen molar-refractivity contribution in [2.45, 2.75) is 0 Å². The normalized spacial score (nSPS) is 11.5. The van der Waals surface area contributed by atoms with E-state index in [2.05, 4.69) is 25.1 Å². The molecule has 0 amide bonds. The van der Waals surface area contributed by atoms with Crippen molar-refractivity contribution in [3.8, 4) is 33.1 Å². The number of thiophene rings is 1. The highest BCUT2D eigenvalue weighted by Crippen LogP contribution is 2.35. The molecule has 6 rings (SSSR count). The average Bonchev–Trinajstić information content (AvgIpc) is 3.50. The Bertz CT molecular complexity index is 1580. The van der Waals surface area contributed by atoms with Gasteiger partial charge >= 0.3 is 0 Å². The molecule has 9 heteroatoms. The number of pyridine rings is 3. The molecule has 6 aromatic rings. The van der Waals surface area contributed by atoms with Gasteiger partial charge in [0.2, 0.25) is 0 Å². The summed E-state index contributed by atoms with van der Waals surface area (Å²) >= 11 is 1.11. The molecular weight excluding hydrogens is 413 g/mol. The zero-order valence-electron chi connectivity index (χ0n) is 15.9. The lowest BCUT2D eigenvalue weighted by Crippen LogP contribution is -1.90. The zero-order valence-corrected chi connectivity index (χ0v) is 16.7. The van der Waals surface area contributed by atoms with Crippen molar-refractivity contribution in [3.63, 3.8) is 0 Å². The molecule has 0 atom stereocenters. The first-order valence-electron chi connectivity index (χ1n) is 9.45. The molecule has 150 valence electrons. The van der Waals surface area contributed by atoms with Crippen LogP contribution in [0.25, 0.3) is 55.2 Å². The smallest absolute Gasteiger partial charge is 0.176 e. The maximum Gasteiger partial charge on any atom is 0.176 e. The van der Waals surface area contributed by atoms with Crippen LogP contribution in [0.3, 0.4) is 0 Å². The number of nitrogens with one attached hydrogen (secondary N) is 2. The fraction of sp³-hybridized carbons (Fsp3) is 0. The largest absolute Gasteiger partial charge is 0.397 e. The number of nitrogens with two attached hydrogens (primary N) is 1. The first kappa shape index (κ1) is 17.7. The van der Waals surface area contributed by atoms with Crippen LogP contribution in [-0.4, -0.2) is 30.1 Å². The molecule has 0 unspecified atom stereocenters. The Balaban J connectivity index is 1.51. The number of rotatable bonds is 3. The SMILES string of the molecule is Nc1cncc(-c2ccc3[nH]nc(-c4cc5c(-c6ccc(F)s6)ccnc5[nH]4)c3n2)c1. The van der Waals surface area contributed by atoms with Gasteiger partial charge in [-0.1, -0.05) is 0 Å². The van der Waals surface area contributed by atoms with Gasteiger partial charge in [-0.3, -0.25) is 10.1 Å². The number of fused-ring (bicyclic) bond motifs is 2.